The van der Waals surface area contributed by atoms with E-state index in [0.29, 0.717) is 17.7 Å². The fraction of sp³-hybridized carbons (Fsp3) is 0.500. The van der Waals surface area contributed by atoms with Crippen molar-refractivity contribution in [2.24, 2.45) is 0 Å². The Morgan fingerprint density at radius 1 is 1.56 bits per heavy atom. The van der Waals surface area contributed by atoms with E-state index in [-0.39, 0.29) is 0 Å². The van der Waals surface area contributed by atoms with E-state index in [1.165, 1.54) is 0 Å². The molecule has 88 valence electrons. The molecule has 2 rings (SSSR count). The van der Waals surface area contributed by atoms with Crippen molar-refractivity contribution >= 4 is 17.3 Å². The molecule has 1 heterocycles. The third kappa shape index (κ3) is 2.60. The van der Waals surface area contributed by atoms with E-state index in [2.05, 4.69) is 10.6 Å². The summed E-state index contributed by atoms with van der Waals surface area (Å²) in [7, 11) is 1.97. The minimum absolute atomic E-state index is 0.388. The highest BCUT2D eigenvalue weighted by molar-refractivity contribution is 6.32. The molecule has 4 heteroatoms. The molecule has 0 saturated carbocycles. The fourth-order valence-corrected chi connectivity index (χ4v) is 2.12. The maximum atomic E-state index is 6.04. The molecule has 1 aromatic carbocycles. The van der Waals surface area contributed by atoms with Gasteiger partial charge in [-0.2, -0.15) is 0 Å². The van der Waals surface area contributed by atoms with Crippen LogP contribution in [0, 0.1) is 0 Å². The van der Waals surface area contributed by atoms with Gasteiger partial charge in [0.25, 0.3) is 0 Å². The molecular formula is C12H17ClN2O. The lowest BCUT2D eigenvalue weighted by Gasteiger charge is -2.28. The van der Waals surface area contributed by atoms with Crippen LogP contribution in [0.5, 0.6) is 5.75 Å². The van der Waals surface area contributed by atoms with Crippen LogP contribution in [0.15, 0.2) is 18.2 Å². The quantitative estimate of drug-likeness (QED) is 0.794. The lowest BCUT2D eigenvalue weighted by atomic mass is 10.1. The average molecular weight is 241 g/mol. The zero-order chi connectivity index (χ0) is 11.4. The number of para-hydroxylation sites is 1. The van der Waals surface area contributed by atoms with Crippen LogP contribution >= 0.6 is 11.6 Å². The molecule has 1 aliphatic heterocycles. The lowest BCUT2D eigenvalue weighted by Crippen LogP contribution is -2.32. The van der Waals surface area contributed by atoms with Gasteiger partial charge >= 0.3 is 0 Å². The number of nitrogens with one attached hydrogen (secondary N) is 2. The summed E-state index contributed by atoms with van der Waals surface area (Å²) in [5.74, 6) is 0.786. The third-order valence-corrected chi connectivity index (χ3v) is 3.03. The van der Waals surface area contributed by atoms with Gasteiger partial charge in [0.1, 0.15) is 6.61 Å². The first-order chi connectivity index (χ1) is 7.81. The van der Waals surface area contributed by atoms with Crippen LogP contribution in [0.4, 0.5) is 5.69 Å². The first-order valence-corrected chi connectivity index (χ1v) is 6.01. The number of benzene rings is 1. The molecule has 0 bridgehead atoms. The highest BCUT2D eigenvalue weighted by Gasteiger charge is 2.19. The molecule has 0 spiro atoms. The van der Waals surface area contributed by atoms with Crippen LogP contribution in [0.3, 0.4) is 0 Å². The van der Waals surface area contributed by atoms with E-state index in [9.17, 15) is 0 Å². The van der Waals surface area contributed by atoms with E-state index in [1.54, 1.807) is 0 Å². The molecule has 0 aromatic heterocycles. The average Bonchev–Trinajstić information content (AvgIpc) is 2.30. The number of rotatable bonds is 4. The minimum Gasteiger partial charge on any atom is -0.488 e. The summed E-state index contributed by atoms with van der Waals surface area (Å²) in [6, 6.07) is 6.18. The SMILES string of the molecule is CNCCCC1COc2c(Cl)cccc2N1. The van der Waals surface area contributed by atoms with Crippen molar-refractivity contribution in [1.82, 2.24) is 5.32 Å². The van der Waals surface area contributed by atoms with E-state index in [1.807, 2.05) is 25.2 Å². The van der Waals surface area contributed by atoms with Crippen LogP contribution in [0.25, 0.3) is 0 Å². The van der Waals surface area contributed by atoms with Crippen molar-refractivity contribution in [3.63, 3.8) is 0 Å². The smallest absolute Gasteiger partial charge is 0.161 e. The van der Waals surface area contributed by atoms with E-state index >= 15 is 0 Å². The normalized spacial score (nSPS) is 18.5. The Labute approximate surface area is 101 Å². The monoisotopic (exact) mass is 240 g/mol. The Morgan fingerprint density at radius 3 is 3.25 bits per heavy atom. The summed E-state index contributed by atoms with van der Waals surface area (Å²) in [5, 5.41) is 7.28. The molecule has 1 atom stereocenters. The third-order valence-electron chi connectivity index (χ3n) is 2.73. The first-order valence-electron chi connectivity index (χ1n) is 5.63. The molecule has 16 heavy (non-hydrogen) atoms. The molecule has 1 aliphatic rings. The Bertz CT molecular complexity index is 357. The van der Waals surface area contributed by atoms with E-state index < -0.39 is 0 Å². The van der Waals surface area contributed by atoms with Crippen LogP contribution in [0.2, 0.25) is 5.02 Å². The molecular weight excluding hydrogens is 224 g/mol. The Balaban J connectivity index is 1.96. The van der Waals surface area contributed by atoms with Gasteiger partial charge in [-0.3, -0.25) is 0 Å². The second-order valence-corrected chi connectivity index (χ2v) is 4.42. The predicted molar refractivity (Wildman–Crippen MR) is 67.5 cm³/mol. The van der Waals surface area contributed by atoms with E-state index in [4.69, 9.17) is 16.3 Å². The molecule has 0 fully saturated rings. The Morgan fingerprint density at radius 2 is 2.44 bits per heavy atom. The van der Waals surface area contributed by atoms with Crippen LogP contribution in [-0.2, 0) is 0 Å². The van der Waals surface area contributed by atoms with Crippen molar-refractivity contribution in [2.45, 2.75) is 18.9 Å². The van der Waals surface area contributed by atoms with Crippen molar-refractivity contribution in [1.29, 1.82) is 0 Å². The maximum Gasteiger partial charge on any atom is 0.161 e. The van der Waals surface area contributed by atoms with Crippen LogP contribution < -0.4 is 15.4 Å². The minimum atomic E-state index is 0.388. The van der Waals surface area contributed by atoms with Crippen molar-refractivity contribution in [3.8, 4) is 5.75 Å². The molecule has 1 unspecified atom stereocenters. The first kappa shape index (κ1) is 11.6. The van der Waals surface area contributed by atoms with Crippen molar-refractivity contribution in [2.75, 3.05) is 25.5 Å². The van der Waals surface area contributed by atoms with Crippen LogP contribution in [0.1, 0.15) is 12.8 Å². The Kier molecular flexibility index (Phi) is 3.91. The molecule has 0 radical (unpaired) electrons. The summed E-state index contributed by atoms with van der Waals surface area (Å²) < 4.78 is 5.68. The summed E-state index contributed by atoms with van der Waals surface area (Å²) in [6.07, 6.45) is 2.25. The van der Waals surface area contributed by atoms with E-state index in [0.717, 1.165) is 30.8 Å². The molecule has 1 aromatic rings. The second kappa shape index (κ2) is 5.41. The number of halogens is 1. The number of hydrogen-bond donors (Lipinski definition) is 2. The van der Waals surface area contributed by atoms with Crippen LogP contribution in [-0.4, -0.2) is 26.2 Å². The molecule has 3 nitrogen and oxygen atoms in total. The highest BCUT2D eigenvalue weighted by Crippen LogP contribution is 2.36. The van der Waals surface area contributed by atoms with Gasteiger partial charge in [-0.05, 0) is 38.6 Å². The molecule has 0 amide bonds. The fourth-order valence-electron chi connectivity index (χ4n) is 1.90. The predicted octanol–water partition coefficient (Wildman–Crippen LogP) is 2.51. The number of hydrogen-bond acceptors (Lipinski definition) is 3. The van der Waals surface area contributed by atoms with Crippen molar-refractivity contribution < 1.29 is 4.74 Å². The van der Waals surface area contributed by atoms with Gasteiger partial charge in [-0.15, -0.1) is 0 Å². The molecule has 0 aliphatic carbocycles. The van der Waals surface area contributed by atoms with Gasteiger partial charge < -0.3 is 15.4 Å². The number of ether oxygens (including phenoxy) is 1. The molecule has 2 N–H and O–H groups in total. The highest BCUT2D eigenvalue weighted by atomic mass is 35.5. The topological polar surface area (TPSA) is 33.3 Å². The summed E-state index contributed by atoms with van der Waals surface area (Å²) in [4.78, 5) is 0. The Hall–Kier alpha value is -0.930. The zero-order valence-corrected chi connectivity index (χ0v) is 10.2. The van der Waals surface area contributed by atoms with Gasteiger partial charge in [0.05, 0.1) is 16.8 Å². The van der Waals surface area contributed by atoms with Gasteiger partial charge in [0.2, 0.25) is 0 Å². The zero-order valence-electron chi connectivity index (χ0n) is 9.42. The van der Waals surface area contributed by atoms with Gasteiger partial charge in [0.15, 0.2) is 5.75 Å². The number of anilines is 1. The summed E-state index contributed by atoms with van der Waals surface area (Å²) in [6.45, 7) is 1.74. The van der Waals surface area contributed by atoms with Crippen molar-refractivity contribution in [3.05, 3.63) is 23.2 Å². The maximum absolute atomic E-state index is 6.04. The summed E-state index contributed by atoms with van der Waals surface area (Å²) >= 11 is 6.04. The summed E-state index contributed by atoms with van der Waals surface area (Å²) in [5.41, 5.74) is 1.01. The van der Waals surface area contributed by atoms with Gasteiger partial charge in [-0.25, -0.2) is 0 Å². The standard InChI is InChI=1S/C12H17ClN2O/c1-14-7-3-4-9-8-16-12-10(13)5-2-6-11(12)15-9/h2,5-6,9,14-15H,3-4,7-8H2,1H3. The lowest BCUT2D eigenvalue weighted by molar-refractivity contribution is 0.276. The largest absolute Gasteiger partial charge is 0.488 e. The number of fused-ring (bicyclic) bond motifs is 1. The molecule has 0 saturated heterocycles. The van der Waals surface area contributed by atoms with Gasteiger partial charge in [-0.1, -0.05) is 17.7 Å². The second-order valence-electron chi connectivity index (χ2n) is 4.01. The van der Waals surface area contributed by atoms with Gasteiger partial charge in [0, 0.05) is 0 Å².